The van der Waals surface area contributed by atoms with Gasteiger partial charge in [-0.2, -0.15) is 0 Å². The number of hydrogen-bond acceptors (Lipinski definition) is 5. The summed E-state index contributed by atoms with van der Waals surface area (Å²) < 4.78 is 33.3. The zero-order valence-electron chi connectivity index (χ0n) is 19.9. The fourth-order valence-corrected chi connectivity index (χ4v) is 6.83. The molecule has 0 fully saturated rings. The molecule has 0 unspecified atom stereocenters. The highest BCUT2D eigenvalue weighted by Gasteiger charge is 2.42. The summed E-state index contributed by atoms with van der Waals surface area (Å²) in [5, 5.41) is 7.20. The van der Waals surface area contributed by atoms with Crippen molar-refractivity contribution < 1.29 is 13.2 Å². The fraction of sp³-hybridized carbons (Fsp3) is 0.538. The van der Waals surface area contributed by atoms with Crippen LogP contribution in [0.1, 0.15) is 75.6 Å². The molecule has 0 bridgehead atoms. The van der Waals surface area contributed by atoms with Gasteiger partial charge in [0.1, 0.15) is 5.75 Å². The average Bonchev–Trinajstić information content (AvgIpc) is 2.90. The van der Waals surface area contributed by atoms with Crippen molar-refractivity contribution in [3.8, 4) is 5.75 Å². The largest absolute Gasteiger partial charge is 0.496 e. The summed E-state index contributed by atoms with van der Waals surface area (Å²) >= 11 is 0. The van der Waals surface area contributed by atoms with Gasteiger partial charge in [0.05, 0.1) is 23.8 Å². The first-order valence-electron chi connectivity index (χ1n) is 11.9. The minimum absolute atomic E-state index is 0.112. The van der Waals surface area contributed by atoms with Gasteiger partial charge in [-0.3, -0.25) is 5.32 Å². The SMILES string of the molecule is CCCC[C@]1(CC)CS(=O)(=O)c2cc(CNCCC)c(OC)cc2[C@@H](c2ccccc2)N1. The number of fused-ring (bicyclic) bond motifs is 1. The zero-order chi connectivity index (χ0) is 23.2. The summed E-state index contributed by atoms with van der Waals surface area (Å²) in [5.41, 5.74) is 2.26. The van der Waals surface area contributed by atoms with Gasteiger partial charge in [0.15, 0.2) is 9.84 Å². The molecule has 2 N–H and O–H groups in total. The minimum atomic E-state index is -3.49. The molecule has 1 heterocycles. The predicted molar refractivity (Wildman–Crippen MR) is 131 cm³/mol. The third-order valence-electron chi connectivity index (χ3n) is 6.54. The van der Waals surface area contributed by atoms with E-state index in [2.05, 4.69) is 43.5 Å². The summed E-state index contributed by atoms with van der Waals surface area (Å²) in [5.74, 6) is 0.837. The first-order valence-corrected chi connectivity index (χ1v) is 13.5. The van der Waals surface area contributed by atoms with Crippen LogP contribution in [0.3, 0.4) is 0 Å². The molecule has 6 heteroatoms. The highest BCUT2D eigenvalue weighted by atomic mass is 32.2. The quantitative estimate of drug-likeness (QED) is 0.491. The lowest BCUT2D eigenvalue weighted by molar-refractivity contribution is 0.294. The van der Waals surface area contributed by atoms with E-state index in [4.69, 9.17) is 4.74 Å². The van der Waals surface area contributed by atoms with E-state index >= 15 is 0 Å². The lowest BCUT2D eigenvalue weighted by atomic mass is 9.88. The van der Waals surface area contributed by atoms with Crippen LogP contribution in [0.15, 0.2) is 47.4 Å². The van der Waals surface area contributed by atoms with Crippen LogP contribution < -0.4 is 15.4 Å². The second-order valence-electron chi connectivity index (χ2n) is 8.86. The molecule has 2 aromatic rings. The molecule has 0 spiro atoms. The van der Waals surface area contributed by atoms with Crippen molar-refractivity contribution in [3.63, 3.8) is 0 Å². The molecule has 1 aliphatic heterocycles. The van der Waals surface area contributed by atoms with Crippen LogP contribution in [0, 0.1) is 0 Å². The maximum Gasteiger partial charge on any atom is 0.180 e. The molecule has 2 atom stereocenters. The van der Waals surface area contributed by atoms with E-state index in [9.17, 15) is 8.42 Å². The summed E-state index contributed by atoms with van der Waals surface area (Å²) in [4.78, 5) is 0.430. The molecular weight excluding hydrogens is 420 g/mol. The molecule has 5 nitrogen and oxygen atoms in total. The number of methoxy groups -OCH3 is 1. The first kappa shape index (κ1) is 24.7. The molecule has 0 aliphatic carbocycles. The van der Waals surface area contributed by atoms with Gasteiger partial charge in [0.2, 0.25) is 0 Å². The Labute approximate surface area is 193 Å². The number of unbranched alkanes of at least 4 members (excludes halogenated alkanes) is 1. The van der Waals surface area contributed by atoms with Gasteiger partial charge in [-0.15, -0.1) is 0 Å². The van der Waals surface area contributed by atoms with Crippen LogP contribution in [0.5, 0.6) is 5.75 Å². The normalized spacial score (nSPS) is 22.2. The van der Waals surface area contributed by atoms with Crippen LogP contribution in [0.2, 0.25) is 0 Å². The maximum absolute atomic E-state index is 13.8. The van der Waals surface area contributed by atoms with E-state index in [0.29, 0.717) is 11.4 Å². The topological polar surface area (TPSA) is 67.4 Å². The van der Waals surface area contributed by atoms with Gasteiger partial charge >= 0.3 is 0 Å². The fourth-order valence-electron chi connectivity index (χ4n) is 4.66. The molecule has 0 radical (unpaired) electrons. The third kappa shape index (κ3) is 5.36. The predicted octanol–water partition coefficient (Wildman–Crippen LogP) is 5.00. The second-order valence-corrected chi connectivity index (χ2v) is 10.8. The van der Waals surface area contributed by atoms with Gasteiger partial charge in [-0.05, 0) is 49.1 Å². The summed E-state index contributed by atoms with van der Waals surface area (Å²) in [6.07, 6.45) is 4.63. The Morgan fingerprint density at radius 2 is 1.88 bits per heavy atom. The Kier molecular flexibility index (Phi) is 8.37. The van der Waals surface area contributed by atoms with Crippen molar-refractivity contribution in [2.75, 3.05) is 19.4 Å². The Morgan fingerprint density at radius 3 is 2.50 bits per heavy atom. The van der Waals surface area contributed by atoms with Crippen molar-refractivity contribution in [3.05, 3.63) is 59.2 Å². The standard InChI is InChI=1S/C26H38N2O3S/c1-5-8-14-26(7-3)19-32(29,30)24-16-21(18-27-15-6-2)23(31-4)17-22(24)25(28-26)20-12-10-9-11-13-20/h9-13,16-17,25,27-28H,5-8,14-15,18-19H2,1-4H3/t25-,26-/m1/s1. The lowest BCUT2D eigenvalue weighted by Crippen LogP contribution is -2.50. The molecule has 1 aliphatic rings. The number of benzene rings is 2. The number of sulfone groups is 1. The van der Waals surface area contributed by atoms with E-state index < -0.39 is 15.4 Å². The Bertz CT molecular complexity index is 992. The van der Waals surface area contributed by atoms with Crippen LogP contribution in [0.25, 0.3) is 0 Å². The maximum atomic E-state index is 13.8. The number of rotatable bonds is 10. The van der Waals surface area contributed by atoms with Gasteiger partial charge in [-0.1, -0.05) is 63.9 Å². The third-order valence-corrected chi connectivity index (χ3v) is 8.49. The molecule has 0 amide bonds. The van der Waals surface area contributed by atoms with Crippen LogP contribution in [-0.2, 0) is 16.4 Å². The molecule has 0 saturated carbocycles. The van der Waals surface area contributed by atoms with E-state index in [1.807, 2.05) is 30.3 Å². The molecule has 176 valence electrons. The second kappa shape index (κ2) is 10.8. The number of ether oxygens (including phenoxy) is 1. The highest BCUT2D eigenvalue weighted by molar-refractivity contribution is 7.91. The molecule has 0 aromatic heterocycles. The van der Waals surface area contributed by atoms with Crippen LogP contribution >= 0.6 is 0 Å². The smallest absolute Gasteiger partial charge is 0.180 e. The Hall–Kier alpha value is -1.89. The summed E-state index contributed by atoms with van der Waals surface area (Å²) in [6, 6.07) is 13.7. The van der Waals surface area contributed by atoms with Gasteiger partial charge in [0.25, 0.3) is 0 Å². The monoisotopic (exact) mass is 458 g/mol. The lowest BCUT2D eigenvalue weighted by Gasteiger charge is -2.36. The Morgan fingerprint density at radius 1 is 1.12 bits per heavy atom. The van der Waals surface area contributed by atoms with Crippen LogP contribution in [-0.4, -0.2) is 33.4 Å². The van der Waals surface area contributed by atoms with Gasteiger partial charge in [-0.25, -0.2) is 8.42 Å². The van der Waals surface area contributed by atoms with Crippen molar-refractivity contribution in [2.24, 2.45) is 0 Å². The van der Waals surface area contributed by atoms with E-state index in [1.54, 1.807) is 7.11 Å². The van der Waals surface area contributed by atoms with Crippen molar-refractivity contribution >= 4 is 9.84 Å². The van der Waals surface area contributed by atoms with Crippen molar-refractivity contribution in [2.45, 2.75) is 75.9 Å². The average molecular weight is 459 g/mol. The molecule has 3 rings (SSSR count). The van der Waals surface area contributed by atoms with E-state index in [1.165, 1.54) is 0 Å². The van der Waals surface area contributed by atoms with Crippen LogP contribution in [0.4, 0.5) is 0 Å². The number of nitrogens with one attached hydrogen (secondary N) is 2. The summed E-state index contributed by atoms with van der Waals surface area (Å²) in [6.45, 7) is 7.81. The van der Waals surface area contributed by atoms with E-state index in [0.717, 1.165) is 61.1 Å². The molecule has 0 saturated heterocycles. The highest BCUT2D eigenvalue weighted by Crippen LogP contribution is 2.40. The number of hydrogen-bond donors (Lipinski definition) is 2. The molecular formula is C26H38N2O3S. The zero-order valence-corrected chi connectivity index (χ0v) is 20.7. The first-order chi connectivity index (χ1) is 15.4. The van der Waals surface area contributed by atoms with E-state index in [-0.39, 0.29) is 11.8 Å². The van der Waals surface area contributed by atoms with Gasteiger partial charge < -0.3 is 10.1 Å². The minimum Gasteiger partial charge on any atom is -0.496 e. The van der Waals surface area contributed by atoms with Crippen molar-refractivity contribution in [1.82, 2.24) is 10.6 Å². The van der Waals surface area contributed by atoms with Crippen molar-refractivity contribution in [1.29, 1.82) is 0 Å². The molecule has 32 heavy (non-hydrogen) atoms. The summed E-state index contributed by atoms with van der Waals surface area (Å²) in [7, 11) is -1.84. The Balaban J connectivity index is 2.20. The van der Waals surface area contributed by atoms with Gasteiger partial charge in [0, 0.05) is 17.6 Å². The molecule has 2 aromatic carbocycles.